The molecular formula is C26H35N3O2. The molecule has 0 saturated carbocycles. The standard InChI is InChI=1S/C26H35N3O2/c1-19-9-8-10-21(15-19)25(31)27-16-24(30)28-23-17-29(18-23)20(2)13-14-26(3,4)22-11-6-5-7-12-22/h5-12,15,20,23H,13-14,16-18H2,1-4H3,(H,27,31)(H,28,30). The highest BCUT2D eigenvalue weighted by Gasteiger charge is 2.32. The average molecular weight is 422 g/mol. The van der Waals surface area contributed by atoms with Crippen molar-refractivity contribution in [2.45, 2.75) is 58.0 Å². The second-order valence-electron chi connectivity index (χ2n) is 9.41. The summed E-state index contributed by atoms with van der Waals surface area (Å²) in [5.74, 6) is -0.354. The summed E-state index contributed by atoms with van der Waals surface area (Å²) in [7, 11) is 0. The molecule has 2 aromatic rings. The lowest BCUT2D eigenvalue weighted by atomic mass is 9.79. The maximum atomic E-state index is 12.2. The van der Waals surface area contributed by atoms with Crippen molar-refractivity contribution in [2.24, 2.45) is 0 Å². The second kappa shape index (κ2) is 10.1. The maximum Gasteiger partial charge on any atom is 0.251 e. The van der Waals surface area contributed by atoms with E-state index in [1.807, 2.05) is 25.1 Å². The number of nitrogens with one attached hydrogen (secondary N) is 2. The fraction of sp³-hybridized carbons (Fsp3) is 0.462. The third kappa shape index (κ3) is 6.41. The van der Waals surface area contributed by atoms with Crippen LogP contribution in [-0.4, -0.2) is 48.4 Å². The van der Waals surface area contributed by atoms with Crippen LogP contribution in [0.3, 0.4) is 0 Å². The number of benzene rings is 2. The van der Waals surface area contributed by atoms with Crippen LogP contribution in [0.25, 0.3) is 0 Å². The molecule has 166 valence electrons. The summed E-state index contributed by atoms with van der Waals surface area (Å²) in [6.45, 7) is 10.5. The predicted octanol–water partition coefficient (Wildman–Crippen LogP) is 3.67. The number of hydrogen-bond donors (Lipinski definition) is 2. The van der Waals surface area contributed by atoms with Gasteiger partial charge in [-0.15, -0.1) is 0 Å². The summed E-state index contributed by atoms with van der Waals surface area (Å²) in [6.07, 6.45) is 2.24. The van der Waals surface area contributed by atoms with Gasteiger partial charge < -0.3 is 10.6 Å². The number of nitrogens with zero attached hydrogens (tertiary/aromatic N) is 1. The van der Waals surface area contributed by atoms with Gasteiger partial charge in [-0.05, 0) is 49.8 Å². The van der Waals surface area contributed by atoms with Crippen LogP contribution in [0.5, 0.6) is 0 Å². The zero-order valence-electron chi connectivity index (χ0n) is 19.2. The van der Waals surface area contributed by atoms with Crippen molar-refractivity contribution >= 4 is 11.8 Å². The number of carbonyl (C=O) groups is 2. The van der Waals surface area contributed by atoms with Crippen LogP contribution in [0, 0.1) is 6.92 Å². The summed E-state index contributed by atoms with van der Waals surface area (Å²) >= 11 is 0. The van der Waals surface area contributed by atoms with Crippen molar-refractivity contribution in [1.82, 2.24) is 15.5 Å². The Bertz CT molecular complexity index is 889. The molecule has 31 heavy (non-hydrogen) atoms. The molecule has 3 rings (SSSR count). The summed E-state index contributed by atoms with van der Waals surface area (Å²) in [4.78, 5) is 26.8. The Labute approximate surface area is 186 Å². The van der Waals surface area contributed by atoms with Crippen molar-refractivity contribution in [3.05, 3.63) is 71.3 Å². The van der Waals surface area contributed by atoms with E-state index in [-0.39, 0.29) is 29.8 Å². The largest absolute Gasteiger partial charge is 0.349 e. The molecule has 1 aliphatic rings. The van der Waals surface area contributed by atoms with Crippen molar-refractivity contribution < 1.29 is 9.59 Å². The molecule has 0 aromatic heterocycles. The molecule has 5 nitrogen and oxygen atoms in total. The predicted molar refractivity (Wildman–Crippen MR) is 125 cm³/mol. The van der Waals surface area contributed by atoms with Crippen LogP contribution in [0.1, 0.15) is 55.1 Å². The van der Waals surface area contributed by atoms with E-state index >= 15 is 0 Å². The highest BCUT2D eigenvalue weighted by atomic mass is 16.2. The van der Waals surface area contributed by atoms with E-state index in [1.165, 1.54) is 5.56 Å². The Morgan fingerprint density at radius 1 is 1.10 bits per heavy atom. The summed E-state index contributed by atoms with van der Waals surface area (Å²) in [5, 5.41) is 5.72. The Morgan fingerprint density at radius 3 is 2.48 bits per heavy atom. The van der Waals surface area contributed by atoms with Gasteiger partial charge in [0.2, 0.25) is 5.91 Å². The van der Waals surface area contributed by atoms with Gasteiger partial charge in [0, 0.05) is 24.7 Å². The van der Waals surface area contributed by atoms with Crippen LogP contribution < -0.4 is 10.6 Å². The lowest BCUT2D eigenvalue weighted by Crippen LogP contribution is -2.62. The van der Waals surface area contributed by atoms with Gasteiger partial charge in [0.1, 0.15) is 0 Å². The Balaban J connectivity index is 1.35. The van der Waals surface area contributed by atoms with Gasteiger partial charge in [-0.1, -0.05) is 61.9 Å². The molecular weight excluding hydrogens is 386 g/mol. The first-order valence-corrected chi connectivity index (χ1v) is 11.2. The highest BCUT2D eigenvalue weighted by Crippen LogP contribution is 2.30. The van der Waals surface area contributed by atoms with Gasteiger partial charge in [0.05, 0.1) is 12.6 Å². The van der Waals surface area contributed by atoms with Gasteiger partial charge in [-0.3, -0.25) is 14.5 Å². The molecule has 0 bridgehead atoms. The van der Waals surface area contributed by atoms with Crippen LogP contribution in [0.4, 0.5) is 0 Å². The Hall–Kier alpha value is -2.66. The molecule has 1 atom stereocenters. The lowest BCUT2D eigenvalue weighted by Gasteiger charge is -2.44. The van der Waals surface area contributed by atoms with Gasteiger partial charge in [0.15, 0.2) is 0 Å². The molecule has 1 aliphatic heterocycles. The van der Waals surface area contributed by atoms with Crippen LogP contribution in [0.2, 0.25) is 0 Å². The SMILES string of the molecule is Cc1cccc(C(=O)NCC(=O)NC2CN(C(C)CCC(C)(C)c3ccccc3)C2)c1. The van der Waals surface area contributed by atoms with E-state index in [2.05, 4.69) is 66.6 Å². The first-order chi connectivity index (χ1) is 14.7. The summed E-state index contributed by atoms with van der Waals surface area (Å²) in [5.41, 5.74) is 3.13. The fourth-order valence-corrected chi connectivity index (χ4v) is 4.08. The van der Waals surface area contributed by atoms with Crippen molar-refractivity contribution in [2.75, 3.05) is 19.6 Å². The fourth-order valence-electron chi connectivity index (χ4n) is 4.08. The van der Waals surface area contributed by atoms with E-state index in [0.29, 0.717) is 11.6 Å². The summed E-state index contributed by atoms with van der Waals surface area (Å²) < 4.78 is 0. The molecule has 1 saturated heterocycles. The summed E-state index contributed by atoms with van der Waals surface area (Å²) in [6, 6.07) is 18.7. The normalized spacial score (nSPS) is 15.7. The van der Waals surface area contributed by atoms with E-state index in [1.54, 1.807) is 6.07 Å². The monoisotopic (exact) mass is 421 g/mol. The minimum atomic E-state index is -0.219. The number of carbonyl (C=O) groups excluding carboxylic acids is 2. The number of amides is 2. The molecule has 0 spiro atoms. The minimum absolute atomic E-state index is 0.00406. The number of hydrogen-bond acceptors (Lipinski definition) is 3. The minimum Gasteiger partial charge on any atom is -0.349 e. The molecule has 1 unspecified atom stereocenters. The number of aryl methyl sites for hydroxylation is 1. The Kier molecular flexibility index (Phi) is 7.50. The average Bonchev–Trinajstić information content (AvgIpc) is 2.73. The van der Waals surface area contributed by atoms with Gasteiger partial charge in [-0.2, -0.15) is 0 Å². The third-order valence-corrected chi connectivity index (χ3v) is 6.33. The number of rotatable bonds is 9. The molecule has 2 N–H and O–H groups in total. The van der Waals surface area contributed by atoms with E-state index < -0.39 is 0 Å². The van der Waals surface area contributed by atoms with Gasteiger partial charge >= 0.3 is 0 Å². The van der Waals surface area contributed by atoms with Crippen molar-refractivity contribution in [3.63, 3.8) is 0 Å². The first-order valence-electron chi connectivity index (χ1n) is 11.2. The van der Waals surface area contributed by atoms with Crippen LogP contribution >= 0.6 is 0 Å². The quantitative estimate of drug-likeness (QED) is 0.649. The third-order valence-electron chi connectivity index (χ3n) is 6.33. The highest BCUT2D eigenvalue weighted by molar-refractivity contribution is 5.96. The van der Waals surface area contributed by atoms with Gasteiger partial charge in [-0.25, -0.2) is 0 Å². The molecule has 1 heterocycles. The zero-order chi connectivity index (χ0) is 22.4. The molecule has 0 aliphatic carbocycles. The topological polar surface area (TPSA) is 61.4 Å². The molecule has 2 aromatic carbocycles. The maximum absolute atomic E-state index is 12.2. The molecule has 0 radical (unpaired) electrons. The van der Waals surface area contributed by atoms with E-state index in [0.717, 1.165) is 31.5 Å². The van der Waals surface area contributed by atoms with E-state index in [4.69, 9.17) is 0 Å². The number of likely N-dealkylation sites (tertiary alicyclic amines) is 1. The van der Waals surface area contributed by atoms with Crippen molar-refractivity contribution in [1.29, 1.82) is 0 Å². The molecule has 1 fully saturated rings. The smallest absolute Gasteiger partial charge is 0.251 e. The Morgan fingerprint density at radius 2 is 1.81 bits per heavy atom. The van der Waals surface area contributed by atoms with Crippen molar-refractivity contribution in [3.8, 4) is 0 Å². The second-order valence-corrected chi connectivity index (χ2v) is 9.41. The molecule has 2 amide bonds. The first kappa shape index (κ1) is 23.0. The van der Waals surface area contributed by atoms with Gasteiger partial charge in [0.25, 0.3) is 5.91 Å². The van der Waals surface area contributed by atoms with Crippen LogP contribution in [-0.2, 0) is 10.2 Å². The lowest BCUT2D eigenvalue weighted by molar-refractivity contribution is -0.122. The van der Waals surface area contributed by atoms with Crippen LogP contribution in [0.15, 0.2) is 54.6 Å². The van der Waals surface area contributed by atoms with E-state index in [9.17, 15) is 9.59 Å². The zero-order valence-corrected chi connectivity index (χ0v) is 19.2. The molecule has 5 heteroatoms.